The summed E-state index contributed by atoms with van der Waals surface area (Å²) < 4.78 is 0. The van der Waals surface area contributed by atoms with Gasteiger partial charge in [0.1, 0.15) is 11.3 Å². The zero-order valence-corrected chi connectivity index (χ0v) is 14.7. The maximum atomic E-state index is 12.9. The molecule has 26 heavy (non-hydrogen) atoms. The summed E-state index contributed by atoms with van der Waals surface area (Å²) in [5.41, 5.74) is 2.87. The predicted molar refractivity (Wildman–Crippen MR) is 97.8 cm³/mol. The molecule has 1 fully saturated rings. The topological polar surface area (TPSA) is 86.7 Å². The van der Waals surface area contributed by atoms with Crippen LogP contribution in [0.4, 0.5) is 10.5 Å². The van der Waals surface area contributed by atoms with E-state index in [1.165, 1.54) is 6.08 Å². The second kappa shape index (κ2) is 6.48. The molecule has 6 nitrogen and oxygen atoms in total. The Bertz CT molecular complexity index is 953. The zero-order valence-electron chi connectivity index (χ0n) is 14.7. The second-order valence-corrected chi connectivity index (χ2v) is 6.25. The highest BCUT2D eigenvalue weighted by molar-refractivity contribution is 6.39. The van der Waals surface area contributed by atoms with Gasteiger partial charge in [0.05, 0.1) is 5.69 Å². The minimum Gasteiger partial charge on any atom is -0.507 e. The number of anilines is 1. The fourth-order valence-corrected chi connectivity index (χ4v) is 2.93. The number of carbonyl (C=O) groups is 3. The largest absolute Gasteiger partial charge is 0.507 e. The second-order valence-electron chi connectivity index (χ2n) is 6.25. The summed E-state index contributed by atoms with van der Waals surface area (Å²) in [6.07, 6.45) is 1.43. The van der Waals surface area contributed by atoms with E-state index in [2.05, 4.69) is 5.32 Å². The molecule has 0 radical (unpaired) electrons. The summed E-state index contributed by atoms with van der Waals surface area (Å²) in [5, 5.41) is 12.1. The highest BCUT2D eigenvalue weighted by Gasteiger charge is 2.37. The van der Waals surface area contributed by atoms with Gasteiger partial charge >= 0.3 is 6.03 Å². The number of aromatic hydroxyl groups is 1. The molecule has 0 bridgehead atoms. The zero-order chi connectivity index (χ0) is 19.0. The van der Waals surface area contributed by atoms with Crippen LogP contribution < -0.4 is 10.2 Å². The van der Waals surface area contributed by atoms with Crippen LogP contribution >= 0.6 is 0 Å². The third kappa shape index (κ3) is 2.97. The summed E-state index contributed by atoms with van der Waals surface area (Å²) in [6, 6.07) is 9.51. The number of phenolic OH excluding ortho intramolecular Hbond substituents is 1. The van der Waals surface area contributed by atoms with E-state index in [9.17, 15) is 19.5 Å². The fraction of sp³-hybridized carbons (Fsp3) is 0.150. The number of hydrogen-bond donors (Lipinski definition) is 2. The molecule has 1 saturated heterocycles. The Balaban J connectivity index is 2.07. The van der Waals surface area contributed by atoms with Crippen molar-refractivity contribution in [2.75, 3.05) is 4.90 Å². The molecule has 1 aliphatic rings. The van der Waals surface area contributed by atoms with Gasteiger partial charge in [0.15, 0.2) is 0 Å². The molecule has 132 valence electrons. The minimum absolute atomic E-state index is 0.141. The number of nitrogens with zero attached hydrogens (tertiary/aromatic N) is 1. The number of imide groups is 2. The van der Waals surface area contributed by atoms with E-state index in [0.29, 0.717) is 22.4 Å². The Labute approximate surface area is 150 Å². The van der Waals surface area contributed by atoms with Crippen molar-refractivity contribution in [2.45, 2.75) is 20.8 Å². The van der Waals surface area contributed by atoms with Crippen LogP contribution in [-0.2, 0) is 9.59 Å². The summed E-state index contributed by atoms with van der Waals surface area (Å²) in [7, 11) is 0. The van der Waals surface area contributed by atoms with E-state index in [1.807, 2.05) is 0 Å². The molecule has 0 aliphatic carbocycles. The van der Waals surface area contributed by atoms with Gasteiger partial charge in [0.2, 0.25) is 0 Å². The Hall–Kier alpha value is -3.41. The molecule has 2 aromatic rings. The highest BCUT2D eigenvalue weighted by Crippen LogP contribution is 2.27. The Kier molecular flexibility index (Phi) is 4.34. The lowest BCUT2D eigenvalue weighted by atomic mass is 10.0. The van der Waals surface area contributed by atoms with Crippen molar-refractivity contribution < 1.29 is 19.5 Å². The van der Waals surface area contributed by atoms with Crippen LogP contribution in [0.1, 0.15) is 22.3 Å². The molecular weight excluding hydrogens is 332 g/mol. The average Bonchev–Trinajstić information content (AvgIpc) is 2.58. The van der Waals surface area contributed by atoms with Gasteiger partial charge in [-0.15, -0.1) is 0 Å². The number of carbonyl (C=O) groups excluding carboxylic acids is 3. The highest BCUT2D eigenvalue weighted by atomic mass is 16.3. The van der Waals surface area contributed by atoms with Gasteiger partial charge in [-0.05, 0) is 67.3 Å². The molecule has 1 aliphatic heterocycles. The van der Waals surface area contributed by atoms with Crippen LogP contribution in [0.5, 0.6) is 5.75 Å². The van der Waals surface area contributed by atoms with Crippen molar-refractivity contribution in [2.24, 2.45) is 0 Å². The molecule has 0 saturated carbocycles. The Morgan fingerprint density at radius 2 is 1.58 bits per heavy atom. The number of benzene rings is 2. The van der Waals surface area contributed by atoms with Crippen molar-refractivity contribution in [3.8, 4) is 5.75 Å². The van der Waals surface area contributed by atoms with E-state index in [4.69, 9.17) is 0 Å². The predicted octanol–water partition coefficient (Wildman–Crippen LogP) is 2.98. The average molecular weight is 350 g/mol. The molecule has 0 atom stereocenters. The standard InChI is InChI=1S/C20H18N2O4/c1-11-6-4-5-7-16(11)22-19(25)15(18(24)21-20(22)26)10-14-8-12(2)17(23)13(3)9-14/h4-10,23H,1-3H3,(H,21,24,26). The molecule has 6 heteroatoms. The maximum absolute atomic E-state index is 12.9. The Morgan fingerprint density at radius 3 is 2.19 bits per heavy atom. The third-order valence-electron chi connectivity index (χ3n) is 4.28. The van der Waals surface area contributed by atoms with Gasteiger partial charge in [-0.3, -0.25) is 14.9 Å². The van der Waals surface area contributed by atoms with E-state index in [1.54, 1.807) is 57.2 Å². The molecule has 2 N–H and O–H groups in total. The summed E-state index contributed by atoms with van der Waals surface area (Å²) in [6.45, 7) is 5.24. The van der Waals surface area contributed by atoms with E-state index < -0.39 is 17.8 Å². The number of hydrogen-bond acceptors (Lipinski definition) is 4. The number of urea groups is 1. The van der Waals surface area contributed by atoms with Crippen molar-refractivity contribution in [3.05, 3.63) is 64.2 Å². The van der Waals surface area contributed by atoms with E-state index in [-0.39, 0.29) is 11.3 Å². The van der Waals surface area contributed by atoms with Gasteiger partial charge in [0.25, 0.3) is 11.8 Å². The quantitative estimate of drug-likeness (QED) is 0.644. The number of amides is 4. The van der Waals surface area contributed by atoms with Crippen LogP contribution in [0, 0.1) is 20.8 Å². The lowest BCUT2D eigenvalue weighted by Crippen LogP contribution is -2.54. The fourth-order valence-electron chi connectivity index (χ4n) is 2.93. The first-order valence-electron chi connectivity index (χ1n) is 8.07. The first-order valence-corrected chi connectivity index (χ1v) is 8.07. The monoisotopic (exact) mass is 350 g/mol. The van der Waals surface area contributed by atoms with Crippen molar-refractivity contribution in [1.29, 1.82) is 0 Å². The van der Waals surface area contributed by atoms with Gasteiger partial charge in [0, 0.05) is 0 Å². The number of nitrogens with one attached hydrogen (secondary N) is 1. The molecule has 3 rings (SSSR count). The number of rotatable bonds is 2. The smallest absolute Gasteiger partial charge is 0.335 e. The number of barbiturate groups is 1. The lowest BCUT2D eigenvalue weighted by molar-refractivity contribution is -0.122. The van der Waals surface area contributed by atoms with Crippen LogP contribution in [0.3, 0.4) is 0 Å². The first kappa shape index (κ1) is 17.4. The summed E-state index contributed by atoms with van der Waals surface area (Å²) >= 11 is 0. The van der Waals surface area contributed by atoms with Gasteiger partial charge in [-0.1, -0.05) is 18.2 Å². The SMILES string of the molecule is Cc1ccccc1N1C(=O)NC(=O)C(=Cc2cc(C)c(O)c(C)c2)C1=O. The van der Waals surface area contributed by atoms with Crippen LogP contribution in [0.25, 0.3) is 6.08 Å². The molecule has 0 unspecified atom stereocenters. The number of para-hydroxylation sites is 1. The van der Waals surface area contributed by atoms with Crippen molar-refractivity contribution in [1.82, 2.24) is 5.32 Å². The van der Waals surface area contributed by atoms with Crippen molar-refractivity contribution >= 4 is 29.6 Å². The van der Waals surface area contributed by atoms with Crippen LogP contribution in [-0.4, -0.2) is 23.0 Å². The molecule has 1 heterocycles. The van der Waals surface area contributed by atoms with Gasteiger partial charge in [-0.2, -0.15) is 0 Å². The maximum Gasteiger partial charge on any atom is 0.335 e. The van der Waals surface area contributed by atoms with Crippen LogP contribution in [0.2, 0.25) is 0 Å². The molecule has 4 amide bonds. The number of phenols is 1. The van der Waals surface area contributed by atoms with Gasteiger partial charge < -0.3 is 5.11 Å². The minimum atomic E-state index is -0.774. The summed E-state index contributed by atoms with van der Waals surface area (Å²) in [5.74, 6) is -1.26. The van der Waals surface area contributed by atoms with Crippen LogP contribution in [0.15, 0.2) is 42.0 Å². The number of aryl methyl sites for hydroxylation is 3. The first-order chi connectivity index (χ1) is 12.3. The Morgan fingerprint density at radius 1 is 0.962 bits per heavy atom. The lowest BCUT2D eigenvalue weighted by Gasteiger charge is -2.27. The normalized spacial score (nSPS) is 16.2. The third-order valence-corrected chi connectivity index (χ3v) is 4.28. The molecule has 0 spiro atoms. The molecule has 0 aromatic heterocycles. The van der Waals surface area contributed by atoms with E-state index >= 15 is 0 Å². The summed E-state index contributed by atoms with van der Waals surface area (Å²) in [4.78, 5) is 38.3. The van der Waals surface area contributed by atoms with Crippen molar-refractivity contribution in [3.63, 3.8) is 0 Å². The molecule has 2 aromatic carbocycles. The van der Waals surface area contributed by atoms with Gasteiger partial charge in [-0.25, -0.2) is 9.69 Å². The molecular formula is C20H18N2O4. The van der Waals surface area contributed by atoms with E-state index in [0.717, 1.165) is 10.5 Å².